The van der Waals surface area contributed by atoms with Crippen LogP contribution < -0.4 is 15.4 Å². The maximum atomic E-state index is 13.0. The highest BCUT2D eigenvalue weighted by Crippen LogP contribution is 2.35. The zero-order valence-corrected chi connectivity index (χ0v) is 19.1. The average Bonchev–Trinajstić information content (AvgIpc) is 3.70. The lowest BCUT2D eigenvalue weighted by Crippen LogP contribution is -2.53. The molecule has 0 aromatic heterocycles. The minimum Gasteiger partial charge on any atom is -0.496 e. The summed E-state index contributed by atoms with van der Waals surface area (Å²) in [5, 5.41) is 15.7. The van der Waals surface area contributed by atoms with Crippen molar-refractivity contribution >= 4 is 11.9 Å². The van der Waals surface area contributed by atoms with Crippen molar-refractivity contribution in [2.24, 2.45) is 10.9 Å². The van der Waals surface area contributed by atoms with Crippen LogP contribution in [0, 0.1) is 17.4 Å². The number of methoxy groups -OCH3 is 1. The highest BCUT2D eigenvalue weighted by molar-refractivity contribution is 5.97. The van der Waals surface area contributed by atoms with Gasteiger partial charge in [-0.1, -0.05) is 42.5 Å². The van der Waals surface area contributed by atoms with Gasteiger partial charge < -0.3 is 20.3 Å². The second-order valence-electron chi connectivity index (χ2n) is 8.88. The van der Waals surface area contributed by atoms with Gasteiger partial charge in [-0.2, -0.15) is 5.26 Å². The molecule has 2 aliphatic rings. The Morgan fingerprint density at radius 1 is 1.12 bits per heavy atom. The summed E-state index contributed by atoms with van der Waals surface area (Å²) in [5.41, 5.74) is 1.56. The van der Waals surface area contributed by atoms with Gasteiger partial charge in [-0.25, -0.2) is 0 Å². The molecule has 172 valence electrons. The number of ether oxygens (including phenoxy) is 1. The maximum absolute atomic E-state index is 13.0. The lowest BCUT2D eigenvalue weighted by atomic mass is 9.72. The first-order chi connectivity index (χ1) is 16.1. The first kappa shape index (κ1) is 22.7. The van der Waals surface area contributed by atoms with E-state index in [1.807, 2.05) is 36.5 Å². The number of piperidine rings is 1. The molecule has 0 atom stereocenters. The van der Waals surface area contributed by atoms with Gasteiger partial charge in [-0.15, -0.1) is 4.99 Å². The van der Waals surface area contributed by atoms with Crippen molar-refractivity contribution in [2.75, 3.05) is 33.3 Å². The lowest BCUT2D eigenvalue weighted by molar-refractivity contribution is 0.0929. The normalized spacial score (nSPS) is 17.7. The summed E-state index contributed by atoms with van der Waals surface area (Å²) in [4.78, 5) is 19.2. The number of nitriles is 1. The minimum absolute atomic E-state index is 0.136. The maximum Gasteiger partial charge on any atom is 0.255 e. The second-order valence-corrected chi connectivity index (χ2v) is 8.88. The number of likely N-dealkylation sites (tertiary alicyclic amines) is 1. The zero-order chi connectivity index (χ0) is 23.1. The van der Waals surface area contributed by atoms with E-state index in [1.165, 1.54) is 18.4 Å². The Bertz CT molecular complexity index is 1020. The molecule has 1 heterocycles. The van der Waals surface area contributed by atoms with E-state index in [0.29, 0.717) is 29.7 Å². The summed E-state index contributed by atoms with van der Waals surface area (Å²) in [6.07, 6.45) is 6.13. The summed E-state index contributed by atoms with van der Waals surface area (Å²) in [6.45, 7) is 2.92. The van der Waals surface area contributed by atoms with Crippen molar-refractivity contribution in [1.29, 1.82) is 5.26 Å². The van der Waals surface area contributed by atoms with E-state index >= 15 is 0 Å². The largest absolute Gasteiger partial charge is 0.496 e. The van der Waals surface area contributed by atoms with Crippen LogP contribution in [-0.4, -0.2) is 50.1 Å². The molecular weight excluding hydrogens is 414 g/mol. The Kier molecular flexibility index (Phi) is 7.13. The summed E-state index contributed by atoms with van der Waals surface area (Å²) >= 11 is 0. The minimum atomic E-state index is -0.191. The van der Waals surface area contributed by atoms with E-state index < -0.39 is 0 Å². The van der Waals surface area contributed by atoms with E-state index in [1.54, 1.807) is 19.2 Å². The molecule has 1 aliphatic heterocycles. The van der Waals surface area contributed by atoms with Gasteiger partial charge in [0.1, 0.15) is 5.75 Å². The van der Waals surface area contributed by atoms with Crippen molar-refractivity contribution in [3.63, 3.8) is 0 Å². The molecule has 0 spiro atoms. The van der Waals surface area contributed by atoms with Gasteiger partial charge in [0.25, 0.3) is 5.91 Å². The van der Waals surface area contributed by atoms with Crippen LogP contribution in [0.5, 0.6) is 5.75 Å². The predicted octanol–water partition coefficient (Wildman–Crippen LogP) is 3.30. The Labute approximate surface area is 195 Å². The van der Waals surface area contributed by atoms with Crippen LogP contribution in [0.25, 0.3) is 0 Å². The van der Waals surface area contributed by atoms with Crippen LogP contribution in [0.15, 0.2) is 59.6 Å². The van der Waals surface area contributed by atoms with Crippen LogP contribution in [0.3, 0.4) is 0 Å². The fourth-order valence-electron chi connectivity index (χ4n) is 4.51. The molecule has 1 saturated carbocycles. The number of carbonyl (C=O) groups is 1. The molecule has 2 N–H and O–H groups in total. The van der Waals surface area contributed by atoms with Gasteiger partial charge in [0.15, 0.2) is 0 Å². The molecular formula is C26H31N5O2. The molecule has 7 nitrogen and oxygen atoms in total. The van der Waals surface area contributed by atoms with Crippen molar-refractivity contribution < 1.29 is 9.53 Å². The van der Waals surface area contributed by atoms with Crippen LogP contribution >= 0.6 is 0 Å². The molecule has 1 amide bonds. The number of hydrogen-bond donors (Lipinski definition) is 2. The average molecular weight is 446 g/mol. The fourth-order valence-corrected chi connectivity index (χ4v) is 4.51. The van der Waals surface area contributed by atoms with Crippen molar-refractivity contribution in [1.82, 2.24) is 15.5 Å². The Hall–Kier alpha value is -3.53. The number of nitrogens with zero attached hydrogens (tertiary/aromatic N) is 3. The van der Waals surface area contributed by atoms with Gasteiger partial charge in [-0.3, -0.25) is 4.79 Å². The smallest absolute Gasteiger partial charge is 0.255 e. The van der Waals surface area contributed by atoms with Crippen molar-refractivity contribution in [3.05, 3.63) is 65.7 Å². The third-order valence-electron chi connectivity index (χ3n) is 6.75. The molecule has 1 aliphatic carbocycles. The zero-order valence-electron chi connectivity index (χ0n) is 19.1. The van der Waals surface area contributed by atoms with Gasteiger partial charge in [0, 0.05) is 31.6 Å². The molecule has 0 radical (unpaired) electrons. The summed E-state index contributed by atoms with van der Waals surface area (Å²) < 4.78 is 5.36. The Morgan fingerprint density at radius 3 is 2.48 bits per heavy atom. The number of nitrogens with one attached hydrogen (secondary N) is 2. The predicted molar refractivity (Wildman–Crippen MR) is 128 cm³/mol. The standard InChI is InChI=1S/C26H31N5O2/c1-33-23-10-6-5-9-22(23)24(32)29-18-26(21-7-3-2-4-8-21)13-15-31(16-14-26)25(30-19-27)28-17-20-11-12-20/h2-10,20H,11-18H2,1H3,(H,28,30)(H,29,32). The third-order valence-corrected chi connectivity index (χ3v) is 6.75. The number of benzene rings is 2. The number of para-hydroxylation sites is 1. The Balaban J connectivity index is 1.48. The highest BCUT2D eigenvalue weighted by atomic mass is 16.5. The van der Waals surface area contributed by atoms with E-state index in [-0.39, 0.29) is 11.3 Å². The molecule has 2 aromatic rings. The summed E-state index contributed by atoms with van der Waals surface area (Å²) in [7, 11) is 1.57. The van der Waals surface area contributed by atoms with Gasteiger partial charge in [0.2, 0.25) is 12.2 Å². The number of amides is 1. The van der Waals surface area contributed by atoms with Crippen molar-refractivity contribution in [3.8, 4) is 11.9 Å². The van der Waals surface area contributed by atoms with Crippen LogP contribution in [-0.2, 0) is 5.41 Å². The molecule has 7 heteroatoms. The first-order valence-electron chi connectivity index (χ1n) is 11.6. The van der Waals surface area contributed by atoms with Gasteiger partial charge in [-0.05, 0) is 49.3 Å². The molecule has 2 aromatic carbocycles. The van der Waals surface area contributed by atoms with Crippen LogP contribution in [0.1, 0.15) is 41.6 Å². The quantitative estimate of drug-likeness (QED) is 0.388. The molecule has 33 heavy (non-hydrogen) atoms. The topological polar surface area (TPSA) is 89.8 Å². The fraction of sp³-hybridized carbons (Fsp3) is 0.423. The number of rotatable bonds is 7. The van der Waals surface area contributed by atoms with E-state index in [9.17, 15) is 4.79 Å². The number of hydrogen-bond acceptors (Lipinski definition) is 4. The summed E-state index contributed by atoms with van der Waals surface area (Å²) in [6, 6.07) is 17.7. The monoisotopic (exact) mass is 445 g/mol. The van der Waals surface area contributed by atoms with Crippen LogP contribution in [0.2, 0.25) is 0 Å². The first-order valence-corrected chi connectivity index (χ1v) is 11.6. The number of aliphatic imine (C=N–C) groups is 1. The van der Waals surface area contributed by atoms with Crippen LogP contribution in [0.4, 0.5) is 0 Å². The Morgan fingerprint density at radius 2 is 1.82 bits per heavy atom. The van der Waals surface area contributed by atoms with Gasteiger partial charge >= 0.3 is 0 Å². The second kappa shape index (κ2) is 10.4. The molecule has 0 unspecified atom stereocenters. The SMILES string of the molecule is COc1ccccc1C(=O)NCC1(c2ccccc2)CCN(/C(=N/C#N)NCC2CC2)CC1. The van der Waals surface area contributed by atoms with E-state index in [0.717, 1.165) is 32.5 Å². The van der Waals surface area contributed by atoms with E-state index in [4.69, 9.17) is 10.00 Å². The van der Waals surface area contributed by atoms with E-state index in [2.05, 4.69) is 32.7 Å². The molecule has 4 rings (SSSR count). The summed E-state index contributed by atoms with van der Waals surface area (Å²) in [5.74, 6) is 1.80. The lowest BCUT2D eigenvalue weighted by Gasteiger charge is -2.43. The molecule has 1 saturated heterocycles. The molecule has 2 fully saturated rings. The van der Waals surface area contributed by atoms with Gasteiger partial charge in [0.05, 0.1) is 12.7 Å². The van der Waals surface area contributed by atoms with Crippen molar-refractivity contribution in [2.45, 2.75) is 31.1 Å². The number of carbonyl (C=O) groups excluding carboxylic acids is 1. The highest BCUT2D eigenvalue weighted by Gasteiger charge is 2.38. The third kappa shape index (κ3) is 5.46. The number of guanidine groups is 1. The molecule has 0 bridgehead atoms.